The summed E-state index contributed by atoms with van der Waals surface area (Å²) in [4.78, 5) is 23.0. The second kappa shape index (κ2) is 7.43. The van der Waals surface area contributed by atoms with E-state index in [-0.39, 0.29) is 25.0 Å². The maximum atomic E-state index is 11.8. The molecular formula is C17H18O4. The van der Waals surface area contributed by atoms with Gasteiger partial charge >= 0.3 is 11.9 Å². The Morgan fingerprint density at radius 2 is 1.81 bits per heavy atom. The third-order valence-corrected chi connectivity index (χ3v) is 3.20. The first-order valence-corrected chi connectivity index (χ1v) is 6.87. The predicted octanol–water partition coefficient (Wildman–Crippen LogP) is 2.72. The summed E-state index contributed by atoms with van der Waals surface area (Å²) in [5.74, 6) is -0.574. The van der Waals surface area contributed by atoms with E-state index in [2.05, 4.69) is 4.74 Å². The standard InChI is InChI=1S/C17H18O4/c1-20-16(18)11-13-7-9-14(10-8-13)12-21-17(19)15-5-3-2-4-6-15/h3,5-10H,2,4,11-12H2,1H3. The van der Waals surface area contributed by atoms with E-state index in [1.54, 1.807) is 6.08 Å². The Bertz CT molecular complexity index is 567. The van der Waals surface area contributed by atoms with Crippen molar-refractivity contribution in [2.45, 2.75) is 25.9 Å². The van der Waals surface area contributed by atoms with Crippen molar-refractivity contribution in [1.82, 2.24) is 0 Å². The van der Waals surface area contributed by atoms with Crippen molar-refractivity contribution in [3.05, 3.63) is 59.2 Å². The van der Waals surface area contributed by atoms with Gasteiger partial charge in [0.25, 0.3) is 0 Å². The van der Waals surface area contributed by atoms with Crippen molar-refractivity contribution in [3.63, 3.8) is 0 Å². The molecule has 1 aromatic rings. The van der Waals surface area contributed by atoms with Crippen molar-refractivity contribution >= 4 is 11.9 Å². The molecule has 0 spiro atoms. The Kier molecular flexibility index (Phi) is 5.32. The number of methoxy groups -OCH3 is 1. The molecule has 1 aliphatic carbocycles. The van der Waals surface area contributed by atoms with Crippen LogP contribution in [0.15, 0.2) is 48.1 Å². The van der Waals surface area contributed by atoms with Crippen LogP contribution >= 0.6 is 0 Å². The van der Waals surface area contributed by atoms with Crippen LogP contribution < -0.4 is 0 Å². The van der Waals surface area contributed by atoms with Crippen molar-refractivity contribution < 1.29 is 19.1 Å². The summed E-state index contributed by atoms with van der Waals surface area (Å²) in [6.45, 7) is 0.225. The molecule has 0 fully saturated rings. The summed E-state index contributed by atoms with van der Waals surface area (Å²) in [6.07, 6.45) is 7.75. The lowest BCUT2D eigenvalue weighted by molar-refractivity contribution is -0.140. The number of ether oxygens (including phenoxy) is 2. The van der Waals surface area contributed by atoms with Gasteiger partial charge in [0, 0.05) is 0 Å². The van der Waals surface area contributed by atoms with E-state index in [4.69, 9.17) is 4.74 Å². The van der Waals surface area contributed by atoms with Crippen LogP contribution in [0.2, 0.25) is 0 Å². The normalized spacial score (nSPS) is 13.5. The average molecular weight is 286 g/mol. The third kappa shape index (κ3) is 4.60. The van der Waals surface area contributed by atoms with Gasteiger partial charge in [0.1, 0.15) is 6.61 Å². The van der Waals surface area contributed by atoms with Crippen molar-refractivity contribution in [2.24, 2.45) is 0 Å². The number of allylic oxidation sites excluding steroid dienone is 2. The van der Waals surface area contributed by atoms with Gasteiger partial charge in [-0.1, -0.05) is 42.5 Å². The van der Waals surface area contributed by atoms with E-state index >= 15 is 0 Å². The smallest absolute Gasteiger partial charge is 0.338 e. The molecule has 4 heteroatoms. The van der Waals surface area contributed by atoms with Crippen LogP contribution in [0.25, 0.3) is 0 Å². The third-order valence-electron chi connectivity index (χ3n) is 3.20. The molecule has 110 valence electrons. The molecule has 0 aliphatic heterocycles. The first kappa shape index (κ1) is 15.0. The van der Waals surface area contributed by atoms with E-state index < -0.39 is 0 Å². The lowest BCUT2D eigenvalue weighted by Crippen LogP contribution is -2.08. The molecule has 2 rings (SSSR count). The van der Waals surface area contributed by atoms with Crippen LogP contribution in [-0.2, 0) is 32.1 Å². The van der Waals surface area contributed by atoms with Gasteiger partial charge in [0.05, 0.1) is 19.1 Å². The van der Waals surface area contributed by atoms with Crippen LogP contribution in [0, 0.1) is 0 Å². The molecule has 0 saturated heterocycles. The maximum Gasteiger partial charge on any atom is 0.338 e. The maximum absolute atomic E-state index is 11.8. The number of carbonyl (C=O) groups is 2. The zero-order valence-corrected chi connectivity index (χ0v) is 12.0. The molecule has 1 aliphatic rings. The number of rotatable bonds is 5. The van der Waals surface area contributed by atoms with Gasteiger partial charge in [0.2, 0.25) is 0 Å². The summed E-state index contributed by atoms with van der Waals surface area (Å²) in [5, 5.41) is 0. The highest BCUT2D eigenvalue weighted by Gasteiger charge is 2.10. The van der Waals surface area contributed by atoms with E-state index in [1.165, 1.54) is 7.11 Å². The Labute approximate surface area is 124 Å². The minimum atomic E-state index is -0.301. The summed E-state index contributed by atoms with van der Waals surface area (Å²) in [7, 11) is 1.37. The molecule has 1 aromatic carbocycles. The largest absolute Gasteiger partial charge is 0.469 e. The zero-order chi connectivity index (χ0) is 15.1. The second-order valence-electron chi connectivity index (χ2n) is 4.78. The van der Waals surface area contributed by atoms with Gasteiger partial charge in [-0.3, -0.25) is 4.79 Å². The lowest BCUT2D eigenvalue weighted by Gasteiger charge is -2.08. The molecule has 0 heterocycles. The SMILES string of the molecule is COC(=O)Cc1ccc(COC(=O)C2=CCCC=C2)cc1. The Hall–Kier alpha value is -2.36. The Morgan fingerprint density at radius 1 is 1.10 bits per heavy atom. The molecule has 21 heavy (non-hydrogen) atoms. The van der Waals surface area contributed by atoms with Crippen molar-refractivity contribution in [1.29, 1.82) is 0 Å². The Morgan fingerprint density at radius 3 is 2.43 bits per heavy atom. The molecule has 0 atom stereocenters. The quantitative estimate of drug-likeness (QED) is 0.781. The lowest BCUT2D eigenvalue weighted by atomic mass is 10.1. The minimum Gasteiger partial charge on any atom is -0.469 e. The topological polar surface area (TPSA) is 52.6 Å². The fourth-order valence-electron chi connectivity index (χ4n) is 1.99. The highest BCUT2D eigenvalue weighted by Crippen LogP contribution is 2.13. The van der Waals surface area contributed by atoms with E-state index in [0.29, 0.717) is 5.57 Å². The van der Waals surface area contributed by atoms with Gasteiger partial charge < -0.3 is 9.47 Å². The van der Waals surface area contributed by atoms with Crippen molar-refractivity contribution in [2.75, 3.05) is 7.11 Å². The highest BCUT2D eigenvalue weighted by molar-refractivity contribution is 5.91. The van der Waals surface area contributed by atoms with Crippen LogP contribution in [0.5, 0.6) is 0 Å². The minimum absolute atomic E-state index is 0.225. The number of hydrogen-bond acceptors (Lipinski definition) is 4. The molecule has 0 aromatic heterocycles. The van der Waals surface area contributed by atoms with E-state index in [1.807, 2.05) is 36.4 Å². The second-order valence-corrected chi connectivity index (χ2v) is 4.78. The van der Waals surface area contributed by atoms with Crippen LogP contribution in [0.1, 0.15) is 24.0 Å². The van der Waals surface area contributed by atoms with Crippen LogP contribution in [0.4, 0.5) is 0 Å². The number of hydrogen-bond donors (Lipinski definition) is 0. The van der Waals surface area contributed by atoms with Crippen LogP contribution in [-0.4, -0.2) is 19.0 Å². The zero-order valence-electron chi connectivity index (χ0n) is 12.0. The molecule has 0 N–H and O–H groups in total. The summed E-state index contributed by atoms with van der Waals surface area (Å²) < 4.78 is 9.87. The first-order chi connectivity index (χ1) is 10.2. The molecule has 0 radical (unpaired) electrons. The molecule has 0 bridgehead atoms. The monoisotopic (exact) mass is 286 g/mol. The van der Waals surface area contributed by atoms with Gasteiger partial charge in [0.15, 0.2) is 0 Å². The van der Waals surface area contributed by atoms with Gasteiger partial charge in [-0.05, 0) is 24.0 Å². The van der Waals surface area contributed by atoms with Crippen molar-refractivity contribution in [3.8, 4) is 0 Å². The van der Waals surface area contributed by atoms with E-state index in [9.17, 15) is 9.59 Å². The fourth-order valence-corrected chi connectivity index (χ4v) is 1.99. The van der Waals surface area contributed by atoms with Gasteiger partial charge in [-0.25, -0.2) is 4.79 Å². The van der Waals surface area contributed by atoms with Gasteiger partial charge in [-0.2, -0.15) is 0 Å². The fraction of sp³-hybridized carbons (Fsp3) is 0.294. The predicted molar refractivity (Wildman–Crippen MR) is 78.4 cm³/mol. The number of esters is 2. The molecule has 0 unspecified atom stereocenters. The molecule has 4 nitrogen and oxygen atoms in total. The average Bonchev–Trinajstić information content (AvgIpc) is 2.54. The van der Waals surface area contributed by atoms with Gasteiger partial charge in [-0.15, -0.1) is 0 Å². The first-order valence-electron chi connectivity index (χ1n) is 6.87. The summed E-state index contributed by atoms with van der Waals surface area (Å²) in [6, 6.07) is 7.35. The molecule has 0 saturated carbocycles. The molecule has 0 amide bonds. The number of carbonyl (C=O) groups excluding carboxylic acids is 2. The summed E-state index contributed by atoms with van der Waals surface area (Å²) in [5.41, 5.74) is 2.37. The Balaban J connectivity index is 1.86. The number of benzene rings is 1. The highest BCUT2D eigenvalue weighted by atomic mass is 16.5. The molecular weight excluding hydrogens is 268 g/mol. The summed E-state index contributed by atoms with van der Waals surface area (Å²) >= 11 is 0. The van der Waals surface area contributed by atoms with E-state index in [0.717, 1.165) is 24.0 Å². The van der Waals surface area contributed by atoms with Crippen LogP contribution in [0.3, 0.4) is 0 Å².